The molecule has 0 amide bonds. The fourth-order valence-corrected chi connectivity index (χ4v) is 0.962. The Morgan fingerprint density at radius 2 is 1.80 bits per heavy atom. The van der Waals surface area contributed by atoms with E-state index in [0.717, 1.165) is 6.07 Å². The zero-order valence-electron chi connectivity index (χ0n) is 8.26. The van der Waals surface area contributed by atoms with Crippen molar-refractivity contribution in [3.63, 3.8) is 0 Å². The molecule has 0 aromatic heterocycles. The van der Waals surface area contributed by atoms with Gasteiger partial charge in [0.2, 0.25) is 0 Å². The monoisotopic (exact) mass is 219 g/mol. The van der Waals surface area contributed by atoms with Crippen LogP contribution in [0.1, 0.15) is 13.8 Å². The third-order valence-corrected chi connectivity index (χ3v) is 1.34. The molecule has 0 aliphatic heterocycles. The van der Waals surface area contributed by atoms with Crippen LogP contribution in [0.25, 0.3) is 0 Å². The molecule has 0 aliphatic carbocycles. The van der Waals surface area contributed by atoms with Gasteiger partial charge in [-0.15, -0.1) is 13.2 Å². The Labute approximate surface area is 85.6 Å². The Kier molecular flexibility index (Phi) is 3.44. The highest BCUT2D eigenvalue weighted by molar-refractivity contribution is 5.32. The summed E-state index contributed by atoms with van der Waals surface area (Å²) in [4.78, 5) is 0. The van der Waals surface area contributed by atoms with Crippen LogP contribution in [0.2, 0.25) is 0 Å². The largest absolute Gasteiger partial charge is 0.573 e. The highest BCUT2D eigenvalue weighted by atomic mass is 19.4. The molecule has 0 fully saturated rings. The van der Waals surface area contributed by atoms with Crippen molar-refractivity contribution in [1.82, 2.24) is 0 Å². The van der Waals surface area contributed by atoms with E-state index in [1.54, 1.807) is 13.8 Å². The second-order valence-corrected chi connectivity index (χ2v) is 3.12. The predicted molar refractivity (Wildman–Crippen MR) is 47.7 cm³/mol. The third kappa shape index (κ3) is 4.58. The van der Waals surface area contributed by atoms with Crippen molar-refractivity contribution in [1.29, 1.82) is 0 Å². The first kappa shape index (κ1) is 11.7. The van der Waals surface area contributed by atoms with E-state index in [1.807, 2.05) is 0 Å². The number of alkyl halides is 3. The van der Waals surface area contributed by atoms with Gasteiger partial charge in [-0.3, -0.25) is 0 Å². The van der Waals surface area contributed by atoms with Crippen molar-refractivity contribution in [3.05, 3.63) is 24.3 Å². The van der Waals surface area contributed by atoms with E-state index in [9.17, 15) is 13.2 Å². The summed E-state index contributed by atoms with van der Waals surface area (Å²) in [7, 11) is 0. The van der Waals surface area contributed by atoms with Gasteiger partial charge in [0, 0.05) is 6.07 Å². The van der Waals surface area contributed by atoms with Gasteiger partial charge in [0.25, 0.3) is 0 Å². The maximum absolute atomic E-state index is 11.9. The van der Waals surface area contributed by atoms with Crippen LogP contribution in [0.4, 0.5) is 13.2 Å². The fraction of sp³-hybridized carbons (Fsp3) is 0.400. The molecule has 83 valence electrons. The van der Waals surface area contributed by atoms with Gasteiger partial charge >= 0.3 is 6.36 Å². The standard InChI is InChI=1S/C10H10F3O2/c1-7(2)14-8-4-3-5-9(6-8)15-10(11,12)13/h4-7H,1-2H3. The minimum absolute atomic E-state index is 0.112. The lowest BCUT2D eigenvalue weighted by Crippen LogP contribution is -2.17. The minimum Gasteiger partial charge on any atom is -0.491 e. The summed E-state index contributed by atoms with van der Waals surface area (Å²) in [6.45, 7) is 3.55. The first-order valence-electron chi connectivity index (χ1n) is 4.30. The van der Waals surface area contributed by atoms with Crippen molar-refractivity contribution in [2.75, 3.05) is 0 Å². The van der Waals surface area contributed by atoms with E-state index < -0.39 is 6.36 Å². The quantitative estimate of drug-likeness (QED) is 0.777. The van der Waals surface area contributed by atoms with Gasteiger partial charge in [-0.25, -0.2) is 0 Å². The van der Waals surface area contributed by atoms with Crippen molar-refractivity contribution >= 4 is 0 Å². The first-order chi connectivity index (χ1) is 6.87. The molecule has 0 spiro atoms. The number of halogens is 3. The van der Waals surface area contributed by atoms with Crippen molar-refractivity contribution in [2.24, 2.45) is 0 Å². The molecule has 0 heterocycles. The van der Waals surface area contributed by atoms with Crippen molar-refractivity contribution < 1.29 is 22.6 Å². The van der Waals surface area contributed by atoms with Crippen LogP contribution in [0.5, 0.6) is 11.5 Å². The van der Waals surface area contributed by atoms with E-state index in [1.165, 1.54) is 12.1 Å². The SMILES string of the molecule is CC(C)Oc1c[c]cc(OC(F)(F)F)c1. The van der Waals surface area contributed by atoms with Gasteiger partial charge in [0.15, 0.2) is 0 Å². The molecule has 0 saturated carbocycles. The molecule has 1 aromatic carbocycles. The van der Waals surface area contributed by atoms with Crippen LogP contribution in [0.15, 0.2) is 18.2 Å². The molecule has 0 unspecified atom stereocenters. The van der Waals surface area contributed by atoms with Crippen molar-refractivity contribution in [2.45, 2.75) is 26.3 Å². The van der Waals surface area contributed by atoms with Gasteiger partial charge in [0.05, 0.1) is 6.10 Å². The van der Waals surface area contributed by atoms with E-state index in [-0.39, 0.29) is 11.9 Å². The Bertz CT molecular complexity index is 321. The van der Waals surface area contributed by atoms with Crippen LogP contribution >= 0.6 is 0 Å². The van der Waals surface area contributed by atoms with Crippen LogP contribution in [-0.4, -0.2) is 12.5 Å². The molecule has 0 saturated heterocycles. The molecular formula is C10H10F3O2. The summed E-state index contributed by atoms with van der Waals surface area (Å²) in [6, 6.07) is 6.22. The van der Waals surface area contributed by atoms with E-state index >= 15 is 0 Å². The highest BCUT2D eigenvalue weighted by Crippen LogP contribution is 2.26. The molecule has 0 bridgehead atoms. The van der Waals surface area contributed by atoms with Crippen LogP contribution < -0.4 is 9.47 Å². The first-order valence-corrected chi connectivity index (χ1v) is 4.30. The summed E-state index contributed by atoms with van der Waals surface area (Å²) in [6.07, 6.45) is -4.80. The topological polar surface area (TPSA) is 18.5 Å². The second-order valence-electron chi connectivity index (χ2n) is 3.12. The Morgan fingerprint density at radius 3 is 2.33 bits per heavy atom. The second kappa shape index (κ2) is 4.42. The normalized spacial score (nSPS) is 11.6. The molecule has 5 heteroatoms. The summed E-state index contributed by atoms with van der Waals surface area (Å²) in [5.41, 5.74) is 0. The third-order valence-electron chi connectivity index (χ3n) is 1.34. The van der Waals surface area contributed by atoms with E-state index in [2.05, 4.69) is 10.8 Å². The number of hydrogen-bond acceptors (Lipinski definition) is 2. The molecule has 1 aromatic rings. The average Bonchev–Trinajstić information content (AvgIpc) is 1.99. The fourth-order valence-electron chi connectivity index (χ4n) is 0.962. The molecule has 15 heavy (non-hydrogen) atoms. The number of benzene rings is 1. The zero-order chi connectivity index (χ0) is 11.5. The van der Waals surface area contributed by atoms with Gasteiger partial charge in [-0.1, -0.05) is 0 Å². The lowest BCUT2D eigenvalue weighted by Gasteiger charge is -2.12. The molecule has 0 atom stereocenters. The van der Waals surface area contributed by atoms with Gasteiger partial charge in [-0.2, -0.15) is 0 Å². The maximum atomic E-state index is 11.9. The predicted octanol–water partition coefficient (Wildman–Crippen LogP) is 3.17. The molecule has 1 rings (SSSR count). The van der Waals surface area contributed by atoms with Crippen LogP contribution in [0.3, 0.4) is 0 Å². The number of hydrogen-bond donors (Lipinski definition) is 0. The Balaban J connectivity index is 2.74. The number of rotatable bonds is 3. The summed E-state index contributed by atoms with van der Waals surface area (Å²) in [5, 5.41) is 0. The minimum atomic E-state index is -4.69. The maximum Gasteiger partial charge on any atom is 0.573 e. The van der Waals surface area contributed by atoms with Gasteiger partial charge < -0.3 is 9.47 Å². The smallest absolute Gasteiger partial charge is 0.491 e. The Hall–Kier alpha value is -1.39. The molecular weight excluding hydrogens is 209 g/mol. The van der Waals surface area contributed by atoms with Crippen LogP contribution in [0, 0.1) is 6.07 Å². The summed E-state index contributed by atoms with van der Waals surface area (Å²) < 4.78 is 44.5. The lowest BCUT2D eigenvalue weighted by atomic mass is 10.3. The molecule has 0 aliphatic rings. The van der Waals surface area contributed by atoms with Gasteiger partial charge in [0.1, 0.15) is 11.5 Å². The highest BCUT2D eigenvalue weighted by Gasteiger charge is 2.31. The Morgan fingerprint density at radius 1 is 1.20 bits per heavy atom. The lowest BCUT2D eigenvalue weighted by molar-refractivity contribution is -0.274. The summed E-state index contributed by atoms with van der Waals surface area (Å²) >= 11 is 0. The molecule has 1 radical (unpaired) electrons. The van der Waals surface area contributed by atoms with E-state index in [4.69, 9.17) is 4.74 Å². The van der Waals surface area contributed by atoms with E-state index in [0.29, 0.717) is 5.75 Å². The zero-order valence-corrected chi connectivity index (χ0v) is 8.26. The summed E-state index contributed by atoms with van der Waals surface area (Å²) in [5.74, 6) is -0.0348. The molecule has 2 nitrogen and oxygen atoms in total. The molecule has 0 N–H and O–H groups in total. The van der Waals surface area contributed by atoms with Crippen molar-refractivity contribution in [3.8, 4) is 11.5 Å². The van der Waals surface area contributed by atoms with Gasteiger partial charge in [-0.05, 0) is 32.0 Å². The average molecular weight is 219 g/mol. The van der Waals surface area contributed by atoms with Crippen LogP contribution in [-0.2, 0) is 0 Å². The number of ether oxygens (including phenoxy) is 2.